The average Bonchev–Trinajstić information content (AvgIpc) is 2.57. The van der Waals surface area contributed by atoms with Crippen LogP contribution in [-0.2, 0) is 20.9 Å². The Labute approximate surface area is 162 Å². The normalized spacial score (nSPS) is 18.0. The summed E-state index contributed by atoms with van der Waals surface area (Å²) in [6, 6.07) is 10.8. The van der Waals surface area contributed by atoms with E-state index in [4.69, 9.17) is 4.55 Å². The Kier molecular flexibility index (Phi) is 4.64. The van der Waals surface area contributed by atoms with E-state index in [0.29, 0.717) is 0 Å². The fourth-order valence-electron chi connectivity index (χ4n) is 4.03. The second-order valence-corrected chi connectivity index (χ2v) is 10.4. The van der Waals surface area contributed by atoms with Crippen LogP contribution >= 0.6 is 0 Å². The topological polar surface area (TPSA) is 54.4 Å². The van der Waals surface area contributed by atoms with Gasteiger partial charge >= 0.3 is 0 Å². The van der Waals surface area contributed by atoms with Gasteiger partial charge in [0, 0.05) is 0 Å². The van der Waals surface area contributed by atoms with Crippen LogP contribution in [0.1, 0.15) is 68.4 Å². The average molecular weight is 385 g/mol. The molecule has 0 radical (unpaired) electrons. The second kappa shape index (κ2) is 6.32. The summed E-state index contributed by atoms with van der Waals surface area (Å²) in [6.07, 6.45) is 2.31. The fraction of sp³-hybridized carbons (Fsp3) is 0.391. The summed E-state index contributed by atoms with van der Waals surface area (Å²) in [6.45, 7) is 15.6. The molecule has 1 aliphatic rings. The van der Waals surface area contributed by atoms with Gasteiger partial charge < -0.3 is 0 Å². The van der Waals surface area contributed by atoms with Crippen molar-refractivity contribution >= 4 is 15.7 Å². The quantitative estimate of drug-likeness (QED) is 0.696. The molecule has 0 aromatic heterocycles. The monoisotopic (exact) mass is 384 g/mol. The zero-order chi connectivity index (χ0) is 20.2. The van der Waals surface area contributed by atoms with Crippen molar-refractivity contribution in [3.05, 3.63) is 70.8 Å². The molecule has 4 heteroatoms. The number of rotatable bonds is 3. The number of hydrogen-bond acceptors (Lipinski definition) is 2. The van der Waals surface area contributed by atoms with Crippen molar-refractivity contribution in [3.8, 4) is 0 Å². The van der Waals surface area contributed by atoms with Crippen molar-refractivity contribution in [2.24, 2.45) is 0 Å². The number of hydrogen-bond donors (Lipinski definition) is 1. The molecule has 0 aliphatic heterocycles. The predicted octanol–water partition coefficient (Wildman–Crippen LogP) is 5.65. The van der Waals surface area contributed by atoms with Crippen LogP contribution in [0.15, 0.2) is 47.9 Å². The highest BCUT2D eigenvalue weighted by molar-refractivity contribution is 7.85. The minimum absolute atomic E-state index is 0.107. The maximum atomic E-state index is 11.3. The molecule has 1 aliphatic carbocycles. The summed E-state index contributed by atoms with van der Waals surface area (Å²) in [5.41, 5.74) is 7.01. The van der Waals surface area contributed by atoms with E-state index in [1.165, 1.54) is 35.2 Å². The molecule has 3 rings (SSSR count). The lowest BCUT2D eigenvalue weighted by atomic mass is 9.62. The molecule has 2 aromatic carbocycles. The van der Waals surface area contributed by atoms with E-state index in [1.807, 2.05) is 0 Å². The molecule has 0 bridgehead atoms. The molecule has 0 fully saturated rings. The van der Waals surface area contributed by atoms with Gasteiger partial charge in [-0.05, 0) is 76.1 Å². The zero-order valence-electron chi connectivity index (χ0n) is 16.8. The number of fused-ring (bicyclic) bond motifs is 1. The maximum absolute atomic E-state index is 11.3. The summed E-state index contributed by atoms with van der Waals surface area (Å²) >= 11 is 0. The van der Waals surface area contributed by atoms with Gasteiger partial charge in [0.2, 0.25) is 0 Å². The van der Waals surface area contributed by atoms with E-state index in [9.17, 15) is 8.42 Å². The lowest BCUT2D eigenvalue weighted by Crippen LogP contribution is -2.34. The molecule has 0 heterocycles. The number of benzene rings is 2. The van der Waals surface area contributed by atoms with Crippen LogP contribution < -0.4 is 0 Å². The van der Waals surface area contributed by atoms with Crippen LogP contribution in [0, 0.1) is 6.92 Å². The fourth-order valence-corrected chi connectivity index (χ4v) is 4.51. The first kappa shape index (κ1) is 19.8. The van der Waals surface area contributed by atoms with Gasteiger partial charge in [-0.2, -0.15) is 8.42 Å². The lowest BCUT2D eigenvalue weighted by molar-refractivity contribution is 0.331. The van der Waals surface area contributed by atoms with Crippen LogP contribution in [0.25, 0.3) is 5.57 Å². The van der Waals surface area contributed by atoms with Gasteiger partial charge in [0.1, 0.15) is 0 Å². The molecule has 0 amide bonds. The van der Waals surface area contributed by atoms with E-state index in [0.717, 1.165) is 23.1 Å². The first-order chi connectivity index (χ1) is 12.3. The molecular weight excluding hydrogens is 356 g/mol. The Balaban J connectivity index is 2.09. The Hall–Kier alpha value is -1.91. The summed E-state index contributed by atoms with van der Waals surface area (Å²) in [5, 5.41) is 0. The van der Waals surface area contributed by atoms with Crippen LogP contribution in [0.5, 0.6) is 0 Å². The van der Waals surface area contributed by atoms with E-state index in [1.54, 1.807) is 12.1 Å². The third-order valence-electron chi connectivity index (χ3n) is 6.02. The molecule has 0 saturated heterocycles. The molecule has 27 heavy (non-hydrogen) atoms. The van der Waals surface area contributed by atoms with Crippen LogP contribution in [0.3, 0.4) is 0 Å². The van der Waals surface area contributed by atoms with E-state index < -0.39 is 10.1 Å². The van der Waals surface area contributed by atoms with E-state index in [-0.39, 0.29) is 15.7 Å². The Morgan fingerprint density at radius 3 is 1.93 bits per heavy atom. The third-order valence-corrected chi connectivity index (χ3v) is 6.89. The molecule has 0 atom stereocenters. The summed E-state index contributed by atoms with van der Waals surface area (Å²) in [7, 11) is -4.19. The first-order valence-corrected chi connectivity index (χ1v) is 10.7. The van der Waals surface area contributed by atoms with Crippen molar-refractivity contribution in [2.75, 3.05) is 0 Å². The van der Waals surface area contributed by atoms with E-state index in [2.05, 4.69) is 53.3 Å². The highest BCUT2D eigenvalue weighted by Crippen LogP contribution is 2.47. The predicted molar refractivity (Wildman–Crippen MR) is 111 cm³/mol. The van der Waals surface area contributed by atoms with E-state index >= 15 is 0 Å². The Bertz CT molecular complexity index is 1010. The minimum Gasteiger partial charge on any atom is -0.282 e. The molecule has 144 valence electrons. The molecule has 3 nitrogen and oxygen atoms in total. The zero-order valence-corrected chi connectivity index (χ0v) is 17.6. The third kappa shape index (κ3) is 3.61. The molecule has 0 spiro atoms. The van der Waals surface area contributed by atoms with Crippen molar-refractivity contribution in [2.45, 2.75) is 63.2 Å². The van der Waals surface area contributed by atoms with Gasteiger partial charge in [0.05, 0.1) is 4.90 Å². The first-order valence-electron chi connectivity index (χ1n) is 9.26. The van der Waals surface area contributed by atoms with Gasteiger partial charge in [0.25, 0.3) is 10.1 Å². The Morgan fingerprint density at radius 2 is 1.44 bits per heavy atom. The van der Waals surface area contributed by atoms with Crippen LogP contribution in [0.4, 0.5) is 0 Å². The van der Waals surface area contributed by atoms with Crippen LogP contribution in [0.2, 0.25) is 0 Å². The molecule has 0 unspecified atom stereocenters. The smallest absolute Gasteiger partial charge is 0.282 e. The lowest BCUT2D eigenvalue weighted by Gasteiger charge is -2.42. The van der Waals surface area contributed by atoms with Crippen molar-refractivity contribution < 1.29 is 13.0 Å². The summed E-state index contributed by atoms with van der Waals surface area (Å²) in [5.74, 6) is 0. The SMILES string of the molecule is C=C(c1ccc(S(=O)(=O)O)cc1)c1cc2c(cc1C)C(C)(C)CCC2(C)C. The van der Waals surface area contributed by atoms with Gasteiger partial charge in [0.15, 0.2) is 0 Å². The highest BCUT2D eigenvalue weighted by Gasteiger charge is 2.37. The van der Waals surface area contributed by atoms with Gasteiger partial charge in [-0.3, -0.25) is 4.55 Å². The molecule has 0 saturated carbocycles. The molecule has 2 aromatic rings. The molecular formula is C23H28O3S. The highest BCUT2D eigenvalue weighted by atomic mass is 32.2. The van der Waals surface area contributed by atoms with Crippen LogP contribution in [-0.4, -0.2) is 13.0 Å². The van der Waals surface area contributed by atoms with Gasteiger partial charge in [-0.15, -0.1) is 0 Å². The second-order valence-electron chi connectivity index (χ2n) is 8.96. The maximum Gasteiger partial charge on any atom is 0.294 e. The van der Waals surface area contributed by atoms with Gasteiger partial charge in [-0.25, -0.2) is 0 Å². The Morgan fingerprint density at radius 1 is 0.963 bits per heavy atom. The van der Waals surface area contributed by atoms with Crippen molar-refractivity contribution in [3.63, 3.8) is 0 Å². The summed E-state index contributed by atoms with van der Waals surface area (Å²) < 4.78 is 31.7. The van der Waals surface area contributed by atoms with Crippen molar-refractivity contribution in [1.29, 1.82) is 0 Å². The van der Waals surface area contributed by atoms with Crippen molar-refractivity contribution in [1.82, 2.24) is 0 Å². The standard InChI is InChI=1S/C23H28O3S/c1-15-13-20-21(23(5,6)12-11-22(20,3)4)14-19(15)16(2)17-7-9-18(10-8-17)27(24,25)26/h7-10,13-14H,2,11-12H2,1,3-6H3,(H,24,25,26). The van der Waals surface area contributed by atoms with Gasteiger partial charge in [-0.1, -0.05) is 58.5 Å². The number of aryl methyl sites for hydroxylation is 1. The summed E-state index contributed by atoms with van der Waals surface area (Å²) in [4.78, 5) is -0.107. The minimum atomic E-state index is -4.19. The largest absolute Gasteiger partial charge is 0.294 e. The molecule has 1 N–H and O–H groups in total.